The Hall–Kier alpha value is -2.97. The van der Waals surface area contributed by atoms with Crippen LogP contribution >= 0.6 is 46.4 Å². The van der Waals surface area contributed by atoms with E-state index in [1.54, 1.807) is 48.5 Å². The first-order chi connectivity index (χ1) is 18.2. The lowest BCUT2D eigenvalue weighted by Crippen LogP contribution is -2.67. The summed E-state index contributed by atoms with van der Waals surface area (Å²) in [4.78, 5) is 43.2. The van der Waals surface area contributed by atoms with Crippen LogP contribution in [0.1, 0.15) is 46.2 Å². The van der Waals surface area contributed by atoms with Crippen LogP contribution in [0.2, 0.25) is 20.1 Å². The molecule has 3 aromatic carbocycles. The molecular formula is C27H20Cl4N2O5. The van der Waals surface area contributed by atoms with Gasteiger partial charge in [-0.25, -0.2) is 0 Å². The number of hydrogen-bond acceptors (Lipinski definition) is 5. The molecule has 1 saturated heterocycles. The van der Waals surface area contributed by atoms with Gasteiger partial charge in [-0.05, 0) is 55.8 Å². The van der Waals surface area contributed by atoms with E-state index >= 15 is 0 Å². The van der Waals surface area contributed by atoms with E-state index in [9.17, 15) is 14.4 Å². The lowest BCUT2D eigenvalue weighted by Gasteiger charge is -2.49. The second kappa shape index (κ2) is 10.3. The highest BCUT2D eigenvalue weighted by Crippen LogP contribution is 2.49. The number of ether oxygens (including phenoxy) is 2. The Labute approximate surface area is 238 Å². The fourth-order valence-corrected chi connectivity index (χ4v) is 5.78. The van der Waals surface area contributed by atoms with Crippen LogP contribution in [0.5, 0.6) is 11.5 Å². The van der Waals surface area contributed by atoms with Gasteiger partial charge >= 0.3 is 0 Å². The summed E-state index contributed by atoms with van der Waals surface area (Å²) in [5.41, 5.74) is 0.923. The molecule has 0 bridgehead atoms. The molecular weight excluding hydrogens is 574 g/mol. The molecule has 2 aliphatic rings. The number of benzene rings is 3. The highest BCUT2D eigenvalue weighted by molar-refractivity contribution is 6.55. The van der Waals surface area contributed by atoms with Crippen LogP contribution < -0.4 is 14.4 Å². The largest absolute Gasteiger partial charge is 0.494 e. The number of nitrogens with zero attached hydrogens (tertiary/aromatic N) is 2. The zero-order chi connectivity index (χ0) is 27.3. The molecule has 1 fully saturated rings. The predicted octanol–water partition coefficient (Wildman–Crippen LogP) is 6.85. The van der Waals surface area contributed by atoms with Gasteiger partial charge in [-0.2, -0.15) is 0 Å². The number of amides is 3. The van der Waals surface area contributed by atoms with Crippen LogP contribution in [0.4, 0.5) is 5.69 Å². The number of carbonyl (C=O) groups excluding carboxylic acids is 3. The van der Waals surface area contributed by atoms with Gasteiger partial charge < -0.3 is 14.4 Å². The van der Waals surface area contributed by atoms with Crippen molar-refractivity contribution in [3.63, 3.8) is 0 Å². The smallest absolute Gasteiger partial charge is 0.264 e. The van der Waals surface area contributed by atoms with Gasteiger partial charge in [0, 0.05) is 5.69 Å². The van der Waals surface area contributed by atoms with Crippen molar-refractivity contribution in [2.24, 2.45) is 0 Å². The first-order valence-corrected chi connectivity index (χ1v) is 13.2. The molecule has 5 rings (SSSR count). The van der Waals surface area contributed by atoms with Crippen LogP contribution in [0.25, 0.3) is 0 Å². The maximum Gasteiger partial charge on any atom is 0.264 e. The molecule has 0 aromatic heterocycles. The monoisotopic (exact) mass is 592 g/mol. The predicted molar refractivity (Wildman–Crippen MR) is 146 cm³/mol. The summed E-state index contributed by atoms with van der Waals surface area (Å²) in [5, 5.41) is -0.660. The third-order valence-corrected chi connectivity index (χ3v) is 8.24. The van der Waals surface area contributed by atoms with Crippen molar-refractivity contribution in [3.8, 4) is 11.5 Å². The Morgan fingerprint density at radius 2 is 1.08 bits per heavy atom. The van der Waals surface area contributed by atoms with E-state index in [1.807, 2.05) is 13.8 Å². The number of imide groups is 1. The van der Waals surface area contributed by atoms with Gasteiger partial charge in [0.15, 0.2) is 0 Å². The van der Waals surface area contributed by atoms with Crippen LogP contribution in [-0.4, -0.2) is 41.9 Å². The van der Waals surface area contributed by atoms with E-state index in [1.165, 1.54) is 4.90 Å². The molecule has 0 spiro atoms. The topological polar surface area (TPSA) is 76.2 Å². The summed E-state index contributed by atoms with van der Waals surface area (Å²) in [6, 6.07) is 12.3. The van der Waals surface area contributed by atoms with Gasteiger partial charge in [-0.3, -0.25) is 19.3 Å². The van der Waals surface area contributed by atoms with Gasteiger partial charge in [0.2, 0.25) is 0 Å². The van der Waals surface area contributed by atoms with Crippen LogP contribution in [0.15, 0.2) is 48.5 Å². The van der Waals surface area contributed by atoms with E-state index < -0.39 is 29.8 Å². The minimum atomic E-state index is -1.16. The lowest BCUT2D eigenvalue weighted by atomic mass is 9.86. The van der Waals surface area contributed by atoms with E-state index in [-0.39, 0.29) is 31.2 Å². The van der Waals surface area contributed by atoms with E-state index in [2.05, 4.69) is 0 Å². The molecule has 0 N–H and O–H groups in total. The number of rotatable bonds is 7. The molecule has 3 amide bonds. The van der Waals surface area contributed by atoms with Crippen molar-refractivity contribution in [1.29, 1.82) is 0 Å². The second-order valence-corrected chi connectivity index (χ2v) is 10.0. The Kier molecular flexibility index (Phi) is 7.22. The molecule has 3 aromatic rings. The molecule has 196 valence electrons. The molecule has 0 radical (unpaired) electrons. The second-order valence-electron chi connectivity index (χ2n) is 8.51. The molecule has 0 unspecified atom stereocenters. The number of anilines is 1. The number of halogens is 4. The number of carbonyl (C=O) groups is 3. The van der Waals surface area contributed by atoms with Gasteiger partial charge in [0.1, 0.15) is 17.5 Å². The van der Waals surface area contributed by atoms with Crippen LogP contribution in [-0.2, 0) is 4.79 Å². The number of β-lactam (4-membered cyclic amide) rings is 1. The third kappa shape index (κ3) is 4.09. The van der Waals surface area contributed by atoms with Crippen molar-refractivity contribution >= 4 is 69.8 Å². The summed E-state index contributed by atoms with van der Waals surface area (Å²) in [6.45, 7) is 4.74. The lowest BCUT2D eigenvalue weighted by molar-refractivity contribution is -0.130. The zero-order valence-corrected chi connectivity index (χ0v) is 23.2. The van der Waals surface area contributed by atoms with Crippen molar-refractivity contribution in [2.75, 3.05) is 18.1 Å². The third-order valence-electron chi connectivity index (χ3n) is 6.44. The first-order valence-electron chi connectivity index (χ1n) is 11.7. The Bertz CT molecular complexity index is 1410. The first kappa shape index (κ1) is 26.6. The van der Waals surface area contributed by atoms with E-state index in [4.69, 9.17) is 55.9 Å². The Balaban J connectivity index is 1.58. The minimum absolute atomic E-state index is 0.140. The van der Waals surface area contributed by atoms with Crippen molar-refractivity contribution in [2.45, 2.75) is 25.9 Å². The van der Waals surface area contributed by atoms with Crippen LogP contribution in [0, 0.1) is 0 Å². The summed E-state index contributed by atoms with van der Waals surface area (Å²) in [7, 11) is 0. The number of hydrogen-bond donors (Lipinski definition) is 0. The SMILES string of the molecule is CCOc1ccc([C@@H]2[C@H](N3C(=O)c4c(Cl)c(Cl)c(Cl)c(Cl)c4C3=O)C(=O)N2c2ccc(OCC)cc2)cc1. The maximum absolute atomic E-state index is 13.7. The summed E-state index contributed by atoms with van der Waals surface area (Å²) in [5.74, 6) is -0.689. The zero-order valence-electron chi connectivity index (χ0n) is 20.1. The fourth-order valence-electron chi connectivity index (χ4n) is 4.76. The summed E-state index contributed by atoms with van der Waals surface area (Å²) in [6.07, 6.45) is 0. The van der Waals surface area contributed by atoms with Gasteiger partial charge in [0.25, 0.3) is 17.7 Å². The van der Waals surface area contributed by atoms with E-state index in [0.29, 0.717) is 36.0 Å². The molecule has 2 atom stereocenters. The van der Waals surface area contributed by atoms with Gasteiger partial charge in [0.05, 0.1) is 50.5 Å². The summed E-state index contributed by atoms with van der Waals surface area (Å²) >= 11 is 24.9. The van der Waals surface area contributed by atoms with E-state index in [0.717, 1.165) is 4.90 Å². The molecule has 38 heavy (non-hydrogen) atoms. The average molecular weight is 594 g/mol. The quantitative estimate of drug-likeness (QED) is 0.130. The molecule has 0 aliphatic carbocycles. The van der Waals surface area contributed by atoms with Gasteiger partial charge in [-0.1, -0.05) is 58.5 Å². The fraction of sp³-hybridized carbons (Fsp3) is 0.222. The normalized spacial score (nSPS) is 18.5. The molecule has 7 nitrogen and oxygen atoms in total. The highest BCUT2D eigenvalue weighted by Gasteiger charge is 2.58. The summed E-state index contributed by atoms with van der Waals surface area (Å²) < 4.78 is 11.1. The molecule has 2 aliphatic heterocycles. The maximum atomic E-state index is 13.7. The number of fused-ring (bicyclic) bond motifs is 1. The minimum Gasteiger partial charge on any atom is -0.494 e. The van der Waals surface area contributed by atoms with Crippen molar-refractivity contribution < 1.29 is 23.9 Å². The molecule has 11 heteroatoms. The van der Waals surface area contributed by atoms with Crippen molar-refractivity contribution in [3.05, 3.63) is 85.3 Å². The molecule has 2 heterocycles. The highest BCUT2D eigenvalue weighted by atomic mass is 35.5. The van der Waals surface area contributed by atoms with Gasteiger partial charge in [-0.15, -0.1) is 0 Å². The average Bonchev–Trinajstić information content (AvgIpc) is 3.16. The van der Waals surface area contributed by atoms with Crippen LogP contribution in [0.3, 0.4) is 0 Å². The Morgan fingerprint density at radius 1 is 0.632 bits per heavy atom. The molecule has 0 saturated carbocycles. The van der Waals surface area contributed by atoms with Crippen molar-refractivity contribution in [1.82, 2.24) is 4.90 Å². The Morgan fingerprint density at radius 3 is 1.53 bits per heavy atom. The standard InChI is InChI=1S/C27H20Cl4N2O5/c1-3-37-15-9-5-13(6-10-15)23-24(27(36)32(23)14-7-11-16(12-8-14)38-4-2)33-25(34)17-18(26(33)35)20(29)22(31)21(30)19(17)28/h5-12,23-24H,3-4H2,1-2H3/t23-,24+/m1/s1.